The number of esters is 1. The number of unbranched alkanes of at least 4 members (excludes halogenated alkanes) is 1. The zero-order valence-electron chi connectivity index (χ0n) is 7.84. The second-order valence-electron chi connectivity index (χ2n) is 2.91. The first-order chi connectivity index (χ1) is 5.72. The third kappa shape index (κ3) is 5.47. The van der Waals surface area contributed by atoms with E-state index >= 15 is 0 Å². The molecule has 0 aromatic rings. The van der Waals surface area contributed by atoms with E-state index in [-0.39, 0.29) is 11.9 Å². The average molecular weight is 189 g/mol. The normalized spacial score (nSPS) is 12.6. The molecule has 0 rings (SSSR count). The van der Waals surface area contributed by atoms with E-state index in [9.17, 15) is 4.79 Å². The Kier molecular flexibility index (Phi) is 7.36. The molecule has 0 fully saturated rings. The van der Waals surface area contributed by atoms with Gasteiger partial charge in [-0.15, -0.1) is 0 Å². The Morgan fingerprint density at radius 2 is 2.25 bits per heavy atom. The molecule has 1 unspecified atom stereocenters. The van der Waals surface area contributed by atoms with Gasteiger partial charge >= 0.3 is 5.97 Å². The minimum atomic E-state index is -0.103. The number of hydrogen-bond acceptors (Lipinski definition) is 2. The van der Waals surface area contributed by atoms with Crippen LogP contribution in [0.1, 0.15) is 33.1 Å². The van der Waals surface area contributed by atoms with Crippen LogP contribution in [0, 0.1) is 5.92 Å². The van der Waals surface area contributed by atoms with Crippen molar-refractivity contribution in [3.05, 3.63) is 0 Å². The molecule has 2 nitrogen and oxygen atoms in total. The van der Waals surface area contributed by atoms with Crippen molar-refractivity contribution < 1.29 is 9.53 Å². The smallest absolute Gasteiger partial charge is 0.308 e. The van der Waals surface area contributed by atoms with E-state index in [0.717, 1.165) is 19.3 Å². The first-order valence-electron chi connectivity index (χ1n) is 4.47. The maximum absolute atomic E-state index is 11.1. The number of ether oxygens (including phenoxy) is 1. The molecule has 0 aromatic carbocycles. The molecule has 0 amide bonds. The number of carbonyl (C=O) groups is 1. The quantitative estimate of drug-likeness (QED) is 0.474. The summed E-state index contributed by atoms with van der Waals surface area (Å²) < 4.78 is 5.01. The highest BCUT2D eigenvalue weighted by atomic mass is 32.1. The molecule has 0 bridgehead atoms. The van der Waals surface area contributed by atoms with Crippen molar-refractivity contribution >= 4 is 18.6 Å². The summed E-state index contributed by atoms with van der Waals surface area (Å²) in [5.74, 6) is 0.497. The maximum Gasteiger partial charge on any atom is 0.308 e. The topological polar surface area (TPSA) is 26.3 Å². The van der Waals surface area contributed by atoms with Crippen LogP contribution >= 0.6 is 12.6 Å². The molecule has 0 aliphatic heterocycles. The van der Waals surface area contributed by atoms with Crippen molar-refractivity contribution in [2.24, 2.45) is 5.92 Å². The van der Waals surface area contributed by atoms with Gasteiger partial charge in [0.05, 0.1) is 12.5 Å². The van der Waals surface area contributed by atoms with E-state index in [0.29, 0.717) is 12.4 Å². The Morgan fingerprint density at radius 1 is 1.58 bits per heavy atom. The molecule has 0 aromatic heterocycles. The highest BCUT2D eigenvalue weighted by Crippen LogP contribution is 2.05. The van der Waals surface area contributed by atoms with Crippen LogP contribution in [0.2, 0.25) is 0 Å². The second-order valence-corrected chi connectivity index (χ2v) is 3.32. The molecule has 0 aliphatic carbocycles. The molecule has 3 heteroatoms. The summed E-state index contributed by atoms with van der Waals surface area (Å²) in [6, 6.07) is 0. The Hall–Kier alpha value is -0.180. The van der Waals surface area contributed by atoms with Gasteiger partial charge < -0.3 is 4.74 Å². The average Bonchev–Trinajstić information content (AvgIpc) is 2.05. The van der Waals surface area contributed by atoms with Gasteiger partial charge in [-0.2, -0.15) is 0 Å². The summed E-state index contributed by atoms with van der Waals surface area (Å²) in [6.07, 6.45) is 2.76. The van der Waals surface area contributed by atoms with Gasteiger partial charge in [0.2, 0.25) is 0 Å². The fraction of sp³-hybridized carbons (Fsp3) is 0.889. The number of hydrogen-bond donors (Lipinski definition) is 0. The van der Waals surface area contributed by atoms with Crippen LogP contribution in [0.15, 0.2) is 0 Å². The van der Waals surface area contributed by atoms with Crippen LogP contribution in [0.25, 0.3) is 0 Å². The van der Waals surface area contributed by atoms with Crippen molar-refractivity contribution in [3.63, 3.8) is 0 Å². The monoisotopic (exact) mass is 189 g/mol. The molecule has 1 radical (unpaired) electrons. The molecule has 0 N–H and O–H groups in total. The summed E-state index contributed by atoms with van der Waals surface area (Å²) >= 11 is 4.78. The van der Waals surface area contributed by atoms with Crippen molar-refractivity contribution in [1.29, 1.82) is 0 Å². The van der Waals surface area contributed by atoms with Crippen LogP contribution < -0.4 is 0 Å². The van der Waals surface area contributed by atoms with Crippen LogP contribution in [0.4, 0.5) is 0 Å². The molecule has 12 heavy (non-hydrogen) atoms. The third-order valence-electron chi connectivity index (χ3n) is 1.70. The van der Waals surface area contributed by atoms with E-state index in [2.05, 4.69) is 6.92 Å². The molecule has 0 saturated heterocycles. The molecular weight excluding hydrogens is 172 g/mol. The lowest BCUT2D eigenvalue weighted by atomic mass is 10.1. The first kappa shape index (κ1) is 11.8. The van der Waals surface area contributed by atoms with Gasteiger partial charge in [-0.1, -0.05) is 32.9 Å². The Bertz CT molecular complexity index is 126. The van der Waals surface area contributed by atoms with E-state index < -0.39 is 0 Å². The van der Waals surface area contributed by atoms with Crippen molar-refractivity contribution in [3.8, 4) is 0 Å². The fourth-order valence-corrected chi connectivity index (χ4v) is 1.11. The van der Waals surface area contributed by atoms with Gasteiger partial charge in [0, 0.05) is 5.75 Å². The molecule has 0 aliphatic rings. The largest absolute Gasteiger partial charge is 0.465 e. The van der Waals surface area contributed by atoms with Crippen LogP contribution in [-0.4, -0.2) is 18.3 Å². The van der Waals surface area contributed by atoms with E-state index in [1.165, 1.54) is 0 Å². The maximum atomic E-state index is 11.1. The summed E-state index contributed by atoms with van der Waals surface area (Å²) in [6.45, 7) is 4.48. The van der Waals surface area contributed by atoms with Crippen LogP contribution in [-0.2, 0) is 9.53 Å². The van der Waals surface area contributed by atoms with Crippen molar-refractivity contribution in [2.75, 3.05) is 12.4 Å². The summed E-state index contributed by atoms with van der Waals surface area (Å²) in [5, 5.41) is 0. The van der Waals surface area contributed by atoms with Gasteiger partial charge in [-0.25, -0.2) is 0 Å². The van der Waals surface area contributed by atoms with Crippen molar-refractivity contribution in [2.45, 2.75) is 33.1 Å². The van der Waals surface area contributed by atoms with Gasteiger partial charge in [0.1, 0.15) is 0 Å². The van der Waals surface area contributed by atoms with Crippen molar-refractivity contribution in [1.82, 2.24) is 0 Å². The van der Waals surface area contributed by atoms with Crippen LogP contribution in [0.3, 0.4) is 0 Å². The molecular formula is C9H17O2S. The second kappa shape index (κ2) is 7.47. The van der Waals surface area contributed by atoms with Gasteiger partial charge in [-0.05, 0) is 12.8 Å². The fourth-order valence-electron chi connectivity index (χ4n) is 0.754. The molecule has 71 valence electrons. The minimum Gasteiger partial charge on any atom is -0.465 e. The predicted octanol–water partition coefficient (Wildman–Crippen LogP) is 2.55. The lowest BCUT2D eigenvalue weighted by molar-refractivity contribution is -0.148. The lowest BCUT2D eigenvalue weighted by Crippen LogP contribution is -2.15. The molecule has 1 atom stereocenters. The Morgan fingerprint density at radius 3 is 2.75 bits per heavy atom. The Balaban J connectivity index is 3.43. The highest BCUT2D eigenvalue weighted by molar-refractivity contribution is 7.80. The third-order valence-corrected chi connectivity index (χ3v) is 1.93. The summed E-state index contributed by atoms with van der Waals surface area (Å²) in [4.78, 5) is 11.1. The lowest BCUT2D eigenvalue weighted by Gasteiger charge is -2.08. The SMILES string of the molecule is CCCCOC(=O)C(C)CC[S]. The number of carbonyl (C=O) groups excluding carboxylic acids is 1. The molecule has 0 spiro atoms. The summed E-state index contributed by atoms with van der Waals surface area (Å²) in [7, 11) is 0. The first-order valence-corrected chi connectivity index (χ1v) is 5.04. The van der Waals surface area contributed by atoms with E-state index in [1.54, 1.807) is 0 Å². The predicted molar refractivity (Wildman–Crippen MR) is 52.1 cm³/mol. The van der Waals surface area contributed by atoms with Gasteiger partial charge in [0.25, 0.3) is 0 Å². The van der Waals surface area contributed by atoms with Gasteiger partial charge in [0.15, 0.2) is 0 Å². The standard InChI is InChI=1S/C9H17O2S/c1-3-4-6-11-9(10)8(2)5-7-12/h8H,3-7H2,1-2H3. The van der Waals surface area contributed by atoms with E-state index in [4.69, 9.17) is 17.4 Å². The minimum absolute atomic E-state index is 0.0284. The molecule has 0 heterocycles. The summed E-state index contributed by atoms with van der Waals surface area (Å²) in [5.41, 5.74) is 0. The van der Waals surface area contributed by atoms with Crippen LogP contribution in [0.5, 0.6) is 0 Å². The Labute approximate surface area is 80.1 Å². The number of rotatable bonds is 6. The zero-order chi connectivity index (χ0) is 9.40. The highest BCUT2D eigenvalue weighted by Gasteiger charge is 2.12. The molecule has 0 saturated carbocycles. The zero-order valence-corrected chi connectivity index (χ0v) is 8.65. The van der Waals surface area contributed by atoms with E-state index in [1.807, 2.05) is 6.92 Å². The van der Waals surface area contributed by atoms with Gasteiger partial charge in [-0.3, -0.25) is 4.79 Å².